The van der Waals surface area contributed by atoms with Gasteiger partial charge in [0.1, 0.15) is 5.82 Å². The Morgan fingerprint density at radius 1 is 1.26 bits per heavy atom. The van der Waals surface area contributed by atoms with E-state index in [-0.39, 0.29) is 18.0 Å². The number of carbonyl (C=O) groups excluding carboxylic acids is 2. The first-order valence-electron chi connectivity index (χ1n) is 11.7. The summed E-state index contributed by atoms with van der Waals surface area (Å²) in [6.07, 6.45) is 11.2. The molecule has 1 aromatic heterocycles. The summed E-state index contributed by atoms with van der Waals surface area (Å²) in [6.45, 7) is 4.46. The highest BCUT2D eigenvalue weighted by molar-refractivity contribution is 6.36. The zero-order valence-electron chi connectivity index (χ0n) is 19.9. The van der Waals surface area contributed by atoms with Crippen LogP contribution in [0, 0.1) is 37.9 Å². The van der Waals surface area contributed by atoms with E-state index in [1.165, 1.54) is 12.1 Å². The number of fused-ring (bicyclic) bond motifs is 1. The van der Waals surface area contributed by atoms with Crippen molar-refractivity contribution >= 4 is 29.2 Å². The Bertz CT molecular complexity index is 1180. The van der Waals surface area contributed by atoms with E-state index in [2.05, 4.69) is 21.5 Å². The van der Waals surface area contributed by atoms with Crippen LogP contribution in [-0.4, -0.2) is 43.0 Å². The minimum Gasteiger partial charge on any atom is -0.359 e. The standard InChI is InChI=1S/C27H31FN4O2/c1-5-10-30-26(33)22-14-25-20(12-23(22)28)21(13-24-16(2)11-17(3)31-24)27(34)32(25)15-18-6-8-19(29-4)9-7-18/h1,11-14,18-19,29,31H,6-10,15H2,2-4H3,(H,30,33)/b21-13-. The van der Waals surface area contributed by atoms with Crippen molar-refractivity contribution in [1.29, 1.82) is 0 Å². The lowest BCUT2D eigenvalue weighted by atomic mass is 9.85. The summed E-state index contributed by atoms with van der Waals surface area (Å²) in [6, 6.07) is 5.30. The number of nitrogens with one attached hydrogen (secondary N) is 3. The lowest BCUT2D eigenvalue weighted by molar-refractivity contribution is -0.113. The van der Waals surface area contributed by atoms with Gasteiger partial charge in [-0.3, -0.25) is 9.59 Å². The molecule has 3 N–H and O–H groups in total. The zero-order chi connectivity index (χ0) is 24.4. The van der Waals surface area contributed by atoms with E-state index in [1.54, 1.807) is 11.0 Å². The summed E-state index contributed by atoms with van der Waals surface area (Å²) in [5, 5.41) is 5.85. The van der Waals surface area contributed by atoms with Crippen LogP contribution in [0.3, 0.4) is 0 Å². The molecule has 4 rings (SSSR count). The van der Waals surface area contributed by atoms with Gasteiger partial charge < -0.3 is 20.5 Å². The monoisotopic (exact) mass is 462 g/mol. The Hall–Kier alpha value is -3.37. The lowest BCUT2D eigenvalue weighted by Crippen LogP contribution is -2.37. The number of anilines is 1. The van der Waals surface area contributed by atoms with E-state index in [4.69, 9.17) is 6.42 Å². The van der Waals surface area contributed by atoms with E-state index < -0.39 is 11.7 Å². The molecule has 1 saturated carbocycles. The average Bonchev–Trinajstić information content (AvgIpc) is 3.27. The molecule has 0 radical (unpaired) electrons. The number of carbonyl (C=O) groups is 2. The molecule has 0 spiro atoms. The number of rotatable bonds is 6. The summed E-state index contributed by atoms with van der Waals surface area (Å²) in [7, 11) is 1.98. The second kappa shape index (κ2) is 9.86. The number of terminal acetylenes is 1. The van der Waals surface area contributed by atoms with E-state index in [0.717, 1.165) is 42.6 Å². The molecule has 0 unspecified atom stereocenters. The van der Waals surface area contributed by atoms with Gasteiger partial charge in [-0.2, -0.15) is 0 Å². The van der Waals surface area contributed by atoms with Gasteiger partial charge in [0.15, 0.2) is 0 Å². The highest BCUT2D eigenvalue weighted by Gasteiger charge is 2.36. The third-order valence-electron chi connectivity index (χ3n) is 6.91. The molecule has 1 fully saturated rings. The number of hydrogen-bond acceptors (Lipinski definition) is 3. The fourth-order valence-electron chi connectivity index (χ4n) is 5.03. The molecule has 2 aliphatic rings. The van der Waals surface area contributed by atoms with Gasteiger partial charge in [-0.1, -0.05) is 5.92 Å². The van der Waals surface area contributed by atoms with Gasteiger partial charge >= 0.3 is 0 Å². The summed E-state index contributed by atoms with van der Waals surface area (Å²) in [5.41, 5.74) is 4.21. The van der Waals surface area contributed by atoms with Crippen LogP contribution in [-0.2, 0) is 4.79 Å². The molecule has 34 heavy (non-hydrogen) atoms. The predicted molar refractivity (Wildman–Crippen MR) is 133 cm³/mol. The number of halogens is 1. The number of hydrogen-bond donors (Lipinski definition) is 3. The second-order valence-electron chi connectivity index (χ2n) is 9.27. The van der Waals surface area contributed by atoms with Crippen molar-refractivity contribution in [3.63, 3.8) is 0 Å². The number of nitrogens with zero attached hydrogens (tertiary/aromatic N) is 1. The molecule has 2 amide bonds. The first-order valence-corrected chi connectivity index (χ1v) is 11.7. The molecule has 1 aliphatic heterocycles. The van der Waals surface area contributed by atoms with E-state index >= 15 is 4.39 Å². The second-order valence-corrected chi connectivity index (χ2v) is 9.27. The number of benzene rings is 1. The minimum absolute atomic E-state index is 0.00329. The Morgan fingerprint density at radius 3 is 2.62 bits per heavy atom. The topological polar surface area (TPSA) is 77.2 Å². The minimum atomic E-state index is -0.678. The summed E-state index contributed by atoms with van der Waals surface area (Å²) in [4.78, 5) is 31.1. The first-order chi connectivity index (χ1) is 16.3. The molecule has 2 aromatic rings. The van der Waals surface area contributed by atoms with Gasteiger partial charge in [0, 0.05) is 29.5 Å². The average molecular weight is 463 g/mol. The van der Waals surface area contributed by atoms with E-state index in [9.17, 15) is 9.59 Å². The highest BCUT2D eigenvalue weighted by atomic mass is 19.1. The van der Waals surface area contributed by atoms with Crippen LogP contribution in [0.25, 0.3) is 11.6 Å². The largest absolute Gasteiger partial charge is 0.359 e. The summed E-state index contributed by atoms with van der Waals surface area (Å²) < 4.78 is 15.0. The van der Waals surface area contributed by atoms with Crippen LogP contribution >= 0.6 is 0 Å². The Balaban J connectivity index is 1.73. The Labute approximate surface area is 200 Å². The third-order valence-corrected chi connectivity index (χ3v) is 6.91. The molecule has 7 heteroatoms. The van der Waals surface area contributed by atoms with Gasteiger partial charge in [0.2, 0.25) is 0 Å². The number of aromatic amines is 1. The van der Waals surface area contributed by atoms with Gasteiger partial charge in [0.25, 0.3) is 11.8 Å². The quantitative estimate of drug-likeness (QED) is 0.452. The van der Waals surface area contributed by atoms with Crippen molar-refractivity contribution in [2.75, 3.05) is 25.0 Å². The van der Waals surface area contributed by atoms with Gasteiger partial charge in [-0.05, 0) is 82.3 Å². The number of aryl methyl sites for hydroxylation is 2. The normalized spacial score (nSPS) is 21.0. The van der Waals surface area contributed by atoms with Gasteiger partial charge in [0.05, 0.1) is 23.4 Å². The maximum Gasteiger partial charge on any atom is 0.259 e. The van der Waals surface area contributed by atoms with E-state index in [0.29, 0.717) is 35.3 Å². The SMILES string of the molecule is C#CCNC(=O)c1cc2c(cc1F)/C(=C/c1[nH]c(C)cc1C)C(=O)N2CC1CCC(NC)CC1. The van der Waals surface area contributed by atoms with Crippen molar-refractivity contribution in [3.05, 3.63) is 52.1 Å². The number of aromatic nitrogens is 1. The maximum atomic E-state index is 15.0. The van der Waals surface area contributed by atoms with Gasteiger partial charge in [-0.15, -0.1) is 6.42 Å². The molecule has 2 heterocycles. The van der Waals surface area contributed by atoms with Crippen LogP contribution in [0.1, 0.15) is 58.6 Å². The molecule has 0 atom stereocenters. The smallest absolute Gasteiger partial charge is 0.259 e. The molecule has 0 saturated heterocycles. The lowest BCUT2D eigenvalue weighted by Gasteiger charge is -2.31. The van der Waals surface area contributed by atoms with Crippen molar-refractivity contribution in [3.8, 4) is 12.3 Å². The molecular formula is C27H31FN4O2. The summed E-state index contributed by atoms with van der Waals surface area (Å²) in [5.74, 6) is 1.23. The van der Waals surface area contributed by atoms with Crippen molar-refractivity contribution < 1.29 is 14.0 Å². The first kappa shape index (κ1) is 23.8. The van der Waals surface area contributed by atoms with Crippen LogP contribution in [0.15, 0.2) is 18.2 Å². The van der Waals surface area contributed by atoms with Crippen LogP contribution in [0.2, 0.25) is 0 Å². The van der Waals surface area contributed by atoms with Crippen molar-refractivity contribution in [2.45, 2.75) is 45.6 Å². The van der Waals surface area contributed by atoms with E-state index in [1.807, 2.05) is 27.0 Å². The number of amides is 2. The zero-order valence-corrected chi connectivity index (χ0v) is 19.9. The van der Waals surface area contributed by atoms with Crippen LogP contribution in [0.5, 0.6) is 0 Å². The third kappa shape index (κ3) is 4.64. The number of H-pyrrole nitrogens is 1. The predicted octanol–water partition coefficient (Wildman–Crippen LogP) is 3.80. The Kier molecular flexibility index (Phi) is 6.90. The molecule has 1 aromatic carbocycles. The molecule has 0 bridgehead atoms. The van der Waals surface area contributed by atoms with Crippen LogP contribution < -0.4 is 15.5 Å². The molecular weight excluding hydrogens is 431 g/mol. The van der Waals surface area contributed by atoms with Crippen molar-refractivity contribution in [2.24, 2.45) is 5.92 Å². The maximum absolute atomic E-state index is 15.0. The fraction of sp³-hybridized carbons (Fsp3) is 0.407. The fourth-order valence-corrected chi connectivity index (χ4v) is 5.03. The Morgan fingerprint density at radius 2 is 2.00 bits per heavy atom. The van der Waals surface area contributed by atoms with Crippen LogP contribution in [0.4, 0.5) is 10.1 Å². The molecule has 1 aliphatic carbocycles. The molecule has 178 valence electrons. The van der Waals surface area contributed by atoms with Crippen molar-refractivity contribution in [1.82, 2.24) is 15.6 Å². The highest BCUT2D eigenvalue weighted by Crippen LogP contribution is 2.41. The molecule has 6 nitrogen and oxygen atoms in total. The van der Waals surface area contributed by atoms with Gasteiger partial charge in [-0.25, -0.2) is 4.39 Å². The summed E-state index contributed by atoms with van der Waals surface area (Å²) >= 11 is 0.